The zero-order valence-corrected chi connectivity index (χ0v) is 18.8. The molecule has 8 heteroatoms. The zero-order chi connectivity index (χ0) is 23.0. The second-order valence-corrected chi connectivity index (χ2v) is 8.96. The van der Waals surface area contributed by atoms with Gasteiger partial charge in [-0.3, -0.25) is 9.59 Å². The average Bonchev–Trinajstić information content (AvgIpc) is 3.19. The van der Waals surface area contributed by atoms with Crippen LogP contribution < -0.4 is 10.9 Å². The van der Waals surface area contributed by atoms with Gasteiger partial charge < -0.3 is 5.32 Å². The third-order valence-corrected chi connectivity index (χ3v) is 5.12. The second-order valence-electron chi connectivity index (χ2n) is 8.96. The minimum absolute atomic E-state index is 0.181. The summed E-state index contributed by atoms with van der Waals surface area (Å²) in [5, 5.41) is 13.0. The summed E-state index contributed by atoms with van der Waals surface area (Å²) in [6.07, 6.45) is 1.67. The molecule has 0 unspecified atom stereocenters. The van der Waals surface area contributed by atoms with Crippen molar-refractivity contribution in [1.29, 1.82) is 0 Å². The van der Waals surface area contributed by atoms with Gasteiger partial charge in [0, 0.05) is 23.1 Å². The van der Waals surface area contributed by atoms with Crippen LogP contribution in [0.3, 0.4) is 0 Å². The van der Waals surface area contributed by atoms with Crippen LogP contribution in [0.1, 0.15) is 56.8 Å². The molecule has 4 aromatic rings. The molecule has 8 nitrogen and oxygen atoms in total. The Bertz CT molecular complexity index is 1350. The van der Waals surface area contributed by atoms with Crippen LogP contribution in [-0.2, 0) is 5.41 Å². The topological polar surface area (TPSA) is 94.7 Å². The summed E-state index contributed by atoms with van der Waals surface area (Å²) in [6, 6.07) is 14.2. The van der Waals surface area contributed by atoms with Crippen molar-refractivity contribution >= 4 is 22.5 Å². The summed E-state index contributed by atoms with van der Waals surface area (Å²) in [4.78, 5) is 30.6. The molecule has 0 aliphatic rings. The van der Waals surface area contributed by atoms with E-state index in [0.29, 0.717) is 22.4 Å². The van der Waals surface area contributed by atoms with Gasteiger partial charge in [-0.25, -0.2) is 9.67 Å². The molecular weight excluding hydrogens is 404 g/mol. The lowest BCUT2D eigenvalue weighted by molar-refractivity contribution is 0.102. The quantitative estimate of drug-likeness (QED) is 0.526. The van der Waals surface area contributed by atoms with Crippen LogP contribution in [0.5, 0.6) is 0 Å². The number of hydrogen-bond donors (Lipinski definition) is 1. The van der Waals surface area contributed by atoms with Crippen molar-refractivity contribution in [2.75, 3.05) is 5.32 Å². The first-order chi connectivity index (χ1) is 15.2. The fourth-order valence-electron chi connectivity index (χ4n) is 3.39. The molecule has 0 saturated heterocycles. The van der Waals surface area contributed by atoms with E-state index in [1.165, 1.54) is 4.68 Å². The predicted molar refractivity (Wildman–Crippen MR) is 124 cm³/mol. The highest BCUT2D eigenvalue weighted by Gasteiger charge is 2.24. The molecule has 0 bridgehead atoms. The number of pyridine rings is 1. The van der Waals surface area contributed by atoms with Gasteiger partial charge in [0.1, 0.15) is 5.82 Å². The molecule has 0 atom stereocenters. The summed E-state index contributed by atoms with van der Waals surface area (Å²) in [6.45, 7) is 9.87. The number of anilines is 1. The number of benzene rings is 1. The van der Waals surface area contributed by atoms with Gasteiger partial charge in [0.25, 0.3) is 11.5 Å². The van der Waals surface area contributed by atoms with Gasteiger partial charge in [-0.1, -0.05) is 45.0 Å². The number of fused-ring (bicyclic) bond motifs is 1. The lowest BCUT2D eigenvalue weighted by atomic mass is 9.92. The number of amides is 1. The molecular formula is C24H26N6O2. The van der Waals surface area contributed by atoms with Crippen molar-refractivity contribution in [2.24, 2.45) is 0 Å². The van der Waals surface area contributed by atoms with Crippen molar-refractivity contribution in [3.8, 4) is 5.82 Å². The molecule has 4 rings (SSSR count). The Labute approximate surface area is 185 Å². The Morgan fingerprint density at radius 3 is 2.31 bits per heavy atom. The van der Waals surface area contributed by atoms with Crippen molar-refractivity contribution in [3.63, 3.8) is 0 Å². The van der Waals surface area contributed by atoms with E-state index in [4.69, 9.17) is 0 Å². The first-order valence-electron chi connectivity index (χ1n) is 10.5. The molecule has 1 N–H and O–H groups in total. The smallest absolute Gasteiger partial charge is 0.277 e. The Morgan fingerprint density at radius 2 is 1.69 bits per heavy atom. The van der Waals surface area contributed by atoms with Crippen LogP contribution in [0.2, 0.25) is 0 Å². The number of carbonyl (C=O) groups excluding carboxylic acids is 1. The van der Waals surface area contributed by atoms with Gasteiger partial charge in [-0.2, -0.15) is 14.9 Å². The number of carbonyl (C=O) groups is 1. The number of aromatic nitrogens is 5. The largest absolute Gasteiger partial charge is 0.305 e. The summed E-state index contributed by atoms with van der Waals surface area (Å²) in [5.41, 5.74) is 0.541. The van der Waals surface area contributed by atoms with Crippen molar-refractivity contribution in [2.45, 2.75) is 46.1 Å². The normalized spacial score (nSPS) is 11.8. The molecule has 0 fully saturated rings. The molecule has 1 aromatic carbocycles. The molecule has 0 saturated carbocycles. The second kappa shape index (κ2) is 8.03. The maximum absolute atomic E-state index is 13.4. The van der Waals surface area contributed by atoms with Crippen molar-refractivity contribution in [1.82, 2.24) is 24.5 Å². The van der Waals surface area contributed by atoms with Gasteiger partial charge in [-0.05, 0) is 32.0 Å². The van der Waals surface area contributed by atoms with Gasteiger partial charge in [-0.15, -0.1) is 0 Å². The van der Waals surface area contributed by atoms with E-state index in [0.717, 1.165) is 5.69 Å². The van der Waals surface area contributed by atoms with Crippen molar-refractivity contribution in [3.05, 3.63) is 76.5 Å². The first-order valence-corrected chi connectivity index (χ1v) is 10.5. The minimum atomic E-state index is -0.423. The third kappa shape index (κ3) is 3.91. The molecule has 0 spiro atoms. The van der Waals surface area contributed by atoms with Crippen LogP contribution >= 0.6 is 0 Å². The SMILES string of the molecule is CC(C)n1nc(C(=O)Nc2cc(C(C)(C)C)nn2-c2ccccn2)c2ccccc2c1=O. The lowest BCUT2D eigenvalue weighted by Gasteiger charge is -2.14. The van der Waals surface area contributed by atoms with Crippen LogP contribution in [0, 0.1) is 0 Å². The Kier molecular flexibility index (Phi) is 5.38. The van der Waals surface area contributed by atoms with Crippen LogP contribution in [0.25, 0.3) is 16.6 Å². The Hall–Kier alpha value is -3.81. The summed E-state index contributed by atoms with van der Waals surface area (Å²) < 4.78 is 2.95. The summed E-state index contributed by atoms with van der Waals surface area (Å²) >= 11 is 0. The fraction of sp³-hybridized carbons (Fsp3) is 0.292. The molecule has 0 aliphatic carbocycles. The fourth-order valence-corrected chi connectivity index (χ4v) is 3.39. The lowest BCUT2D eigenvalue weighted by Crippen LogP contribution is -2.29. The standard InChI is InChI=1S/C24H26N6O2/c1-15(2)29-23(32)17-11-7-6-10-16(17)21(28-29)22(31)26-20-14-18(24(3,4)5)27-30(20)19-12-8-9-13-25-19/h6-15H,1-5H3,(H,26,31). The monoisotopic (exact) mass is 430 g/mol. The minimum Gasteiger partial charge on any atom is -0.305 e. The average molecular weight is 431 g/mol. The number of nitrogens with zero attached hydrogens (tertiary/aromatic N) is 5. The van der Waals surface area contributed by atoms with E-state index in [9.17, 15) is 9.59 Å². The number of nitrogens with one attached hydrogen (secondary N) is 1. The van der Waals surface area contributed by atoms with E-state index in [1.807, 2.05) is 38.1 Å². The summed E-state index contributed by atoms with van der Waals surface area (Å²) in [5.74, 6) is 0.642. The van der Waals surface area contributed by atoms with Gasteiger partial charge in [0.2, 0.25) is 0 Å². The van der Waals surface area contributed by atoms with Crippen LogP contribution in [0.4, 0.5) is 5.82 Å². The van der Waals surface area contributed by atoms with E-state index in [-0.39, 0.29) is 22.7 Å². The highest BCUT2D eigenvalue weighted by molar-refractivity contribution is 6.10. The maximum atomic E-state index is 13.4. The molecule has 3 aromatic heterocycles. The molecule has 32 heavy (non-hydrogen) atoms. The molecule has 3 heterocycles. The predicted octanol–water partition coefficient (Wildman–Crippen LogP) is 4.11. The molecule has 164 valence electrons. The Balaban J connectivity index is 1.83. The molecule has 0 aliphatic heterocycles. The number of hydrogen-bond acceptors (Lipinski definition) is 5. The third-order valence-electron chi connectivity index (χ3n) is 5.12. The zero-order valence-electron chi connectivity index (χ0n) is 18.8. The van der Waals surface area contributed by atoms with Crippen LogP contribution in [-0.4, -0.2) is 30.5 Å². The van der Waals surface area contributed by atoms with E-state index in [2.05, 4.69) is 41.3 Å². The van der Waals surface area contributed by atoms with Crippen LogP contribution in [0.15, 0.2) is 59.5 Å². The first kappa shape index (κ1) is 21.4. The summed E-state index contributed by atoms with van der Waals surface area (Å²) in [7, 11) is 0. The van der Waals surface area contributed by atoms with Crippen molar-refractivity contribution < 1.29 is 4.79 Å². The highest BCUT2D eigenvalue weighted by atomic mass is 16.2. The van der Waals surface area contributed by atoms with E-state index < -0.39 is 5.91 Å². The van der Waals surface area contributed by atoms with E-state index in [1.54, 1.807) is 35.1 Å². The Morgan fingerprint density at radius 1 is 1.00 bits per heavy atom. The molecule has 1 amide bonds. The number of rotatable bonds is 4. The maximum Gasteiger partial charge on any atom is 0.277 e. The van der Waals surface area contributed by atoms with Gasteiger partial charge >= 0.3 is 0 Å². The van der Waals surface area contributed by atoms with Gasteiger partial charge in [0.05, 0.1) is 17.1 Å². The van der Waals surface area contributed by atoms with Gasteiger partial charge in [0.15, 0.2) is 11.5 Å². The highest BCUT2D eigenvalue weighted by Crippen LogP contribution is 2.26. The molecule has 0 radical (unpaired) electrons. The van der Waals surface area contributed by atoms with E-state index >= 15 is 0 Å².